The van der Waals surface area contributed by atoms with Crippen LogP contribution in [0.4, 0.5) is 0 Å². The van der Waals surface area contributed by atoms with E-state index in [0.29, 0.717) is 12.2 Å². The van der Waals surface area contributed by atoms with E-state index < -0.39 is 0 Å². The third-order valence-corrected chi connectivity index (χ3v) is 5.74. The van der Waals surface area contributed by atoms with Crippen LogP contribution in [-0.4, -0.2) is 55.9 Å². The molecule has 1 saturated heterocycles. The second kappa shape index (κ2) is 7.42. The highest BCUT2D eigenvalue weighted by atomic mass is 16.5. The molecule has 2 aliphatic rings. The van der Waals surface area contributed by atoms with Crippen molar-refractivity contribution in [2.24, 2.45) is 0 Å². The van der Waals surface area contributed by atoms with Gasteiger partial charge in [-0.25, -0.2) is 0 Å². The highest BCUT2D eigenvalue weighted by molar-refractivity contribution is 5.49. The number of hydrogen-bond donors (Lipinski definition) is 0. The van der Waals surface area contributed by atoms with E-state index in [1.165, 1.54) is 16.7 Å². The first kappa shape index (κ1) is 17.7. The van der Waals surface area contributed by atoms with Gasteiger partial charge in [-0.15, -0.1) is 0 Å². The van der Waals surface area contributed by atoms with Gasteiger partial charge in [-0.05, 0) is 51.4 Å². The van der Waals surface area contributed by atoms with Gasteiger partial charge in [0.15, 0.2) is 0 Å². The number of ether oxygens (including phenoxy) is 2. The van der Waals surface area contributed by atoms with Gasteiger partial charge in [0, 0.05) is 18.2 Å². The van der Waals surface area contributed by atoms with E-state index in [1.807, 2.05) is 0 Å². The van der Waals surface area contributed by atoms with E-state index in [2.05, 4.69) is 56.8 Å². The zero-order chi connectivity index (χ0) is 17.3. The minimum absolute atomic E-state index is 0.120. The van der Waals surface area contributed by atoms with Crippen molar-refractivity contribution in [2.45, 2.75) is 58.3 Å². The molecule has 0 aromatic heterocycles. The topological polar surface area (TPSA) is 24.9 Å². The standard InChI is InChI=1S/C20H32N2O2/c1-6-15-8-9-17-19(16(15)7-2)23-12-10-18-20(17)24-13-11-22(18)14(3)21(4)5/h8-9,14,18,20H,6-7,10-13H2,1-5H3. The molecular formula is C20H32N2O2. The van der Waals surface area contributed by atoms with Crippen LogP contribution in [0.2, 0.25) is 0 Å². The van der Waals surface area contributed by atoms with E-state index in [1.54, 1.807) is 0 Å². The molecule has 1 aromatic carbocycles. The first-order valence-electron chi connectivity index (χ1n) is 9.39. The molecule has 0 spiro atoms. The Bertz CT molecular complexity index is 573. The quantitative estimate of drug-likeness (QED) is 0.845. The van der Waals surface area contributed by atoms with Crippen molar-refractivity contribution in [1.29, 1.82) is 0 Å². The van der Waals surface area contributed by atoms with E-state index in [9.17, 15) is 0 Å². The van der Waals surface area contributed by atoms with E-state index in [0.717, 1.165) is 44.8 Å². The molecule has 0 amide bonds. The number of benzene rings is 1. The van der Waals surface area contributed by atoms with Crippen LogP contribution in [0.5, 0.6) is 5.75 Å². The average Bonchev–Trinajstić information content (AvgIpc) is 2.79. The second-order valence-electron chi connectivity index (χ2n) is 7.16. The smallest absolute Gasteiger partial charge is 0.128 e. The molecule has 134 valence electrons. The Hall–Kier alpha value is -1.10. The Morgan fingerprint density at radius 2 is 2.00 bits per heavy atom. The van der Waals surface area contributed by atoms with Crippen LogP contribution in [0.3, 0.4) is 0 Å². The predicted molar refractivity (Wildman–Crippen MR) is 97.6 cm³/mol. The number of hydrogen-bond acceptors (Lipinski definition) is 4. The monoisotopic (exact) mass is 332 g/mol. The van der Waals surface area contributed by atoms with Gasteiger partial charge in [0.25, 0.3) is 0 Å². The lowest BCUT2D eigenvalue weighted by molar-refractivity contribution is -0.107. The van der Waals surface area contributed by atoms with Crippen molar-refractivity contribution in [1.82, 2.24) is 9.80 Å². The number of rotatable bonds is 4. The molecule has 24 heavy (non-hydrogen) atoms. The van der Waals surface area contributed by atoms with Gasteiger partial charge < -0.3 is 9.47 Å². The summed E-state index contributed by atoms with van der Waals surface area (Å²) in [6.45, 7) is 9.28. The molecule has 3 atom stereocenters. The zero-order valence-electron chi connectivity index (χ0n) is 15.8. The molecule has 3 unspecified atom stereocenters. The van der Waals surface area contributed by atoms with E-state index >= 15 is 0 Å². The molecule has 3 rings (SSSR count). The fourth-order valence-corrected chi connectivity index (χ4v) is 4.19. The van der Waals surface area contributed by atoms with E-state index in [-0.39, 0.29) is 6.10 Å². The lowest BCUT2D eigenvalue weighted by Gasteiger charge is -2.45. The molecule has 0 bridgehead atoms. The maximum absolute atomic E-state index is 6.28. The van der Waals surface area contributed by atoms with Crippen molar-refractivity contribution in [3.63, 3.8) is 0 Å². The van der Waals surface area contributed by atoms with Crippen LogP contribution in [0.1, 0.15) is 50.0 Å². The number of nitrogens with zero attached hydrogens (tertiary/aromatic N) is 2. The zero-order valence-corrected chi connectivity index (χ0v) is 15.8. The molecule has 0 N–H and O–H groups in total. The van der Waals surface area contributed by atoms with Crippen LogP contribution < -0.4 is 4.74 Å². The maximum Gasteiger partial charge on any atom is 0.128 e. The van der Waals surface area contributed by atoms with Gasteiger partial charge in [0.2, 0.25) is 0 Å². The second-order valence-corrected chi connectivity index (χ2v) is 7.16. The van der Waals surface area contributed by atoms with Gasteiger partial charge >= 0.3 is 0 Å². The summed E-state index contributed by atoms with van der Waals surface area (Å²) in [5.74, 6) is 1.10. The molecule has 4 heteroatoms. The fraction of sp³-hybridized carbons (Fsp3) is 0.700. The first-order chi connectivity index (χ1) is 11.6. The first-order valence-corrected chi connectivity index (χ1v) is 9.39. The number of morpholine rings is 1. The predicted octanol–water partition coefficient (Wildman–Crippen LogP) is 3.24. The lowest BCUT2D eigenvalue weighted by Crippen LogP contribution is -2.55. The Labute approximate surface area is 146 Å². The van der Waals surface area contributed by atoms with Crippen molar-refractivity contribution in [3.05, 3.63) is 28.8 Å². The average molecular weight is 332 g/mol. The summed E-state index contributed by atoms with van der Waals surface area (Å²) in [6.07, 6.45) is 3.61. The Balaban J connectivity index is 2.00. The molecule has 0 radical (unpaired) electrons. The SMILES string of the molecule is CCc1ccc2c(c1CC)OCCC1C2OCCN1C(C)N(C)C. The summed E-state index contributed by atoms with van der Waals surface area (Å²) >= 11 is 0. The minimum atomic E-state index is 0.120. The molecule has 0 saturated carbocycles. The Morgan fingerprint density at radius 1 is 1.21 bits per heavy atom. The van der Waals surface area contributed by atoms with Gasteiger partial charge in [0.1, 0.15) is 11.9 Å². The minimum Gasteiger partial charge on any atom is -0.493 e. The molecule has 2 aliphatic heterocycles. The molecule has 1 fully saturated rings. The number of fused-ring (bicyclic) bond motifs is 3. The third-order valence-electron chi connectivity index (χ3n) is 5.74. The van der Waals surface area contributed by atoms with Crippen LogP contribution >= 0.6 is 0 Å². The van der Waals surface area contributed by atoms with E-state index in [4.69, 9.17) is 9.47 Å². The highest BCUT2D eigenvalue weighted by Crippen LogP contribution is 2.42. The van der Waals surface area contributed by atoms with Gasteiger partial charge in [0.05, 0.1) is 19.4 Å². The largest absolute Gasteiger partial charge is 0.493 e. The van der Waals surface area contributed by atoms with Gasteiger partial charge in [-0.3, -0.25) is 9.80 Å². The third kappa shape index (κ3) is 3.07. The Morgan fingerprint density at radius 3 is 2.67 bits per heavy atom. The molecule has 0 aliphatic carbocycles. The van der Waals surface area contributed by atoms with Crippen molar-refractivity contribution < 1.29 is 9.47 Å². The summed E-state index contributed by atoms with van der Waals surface area (Å²) < 4.78 is 12.6. The lowest BCUT2D eigenvalue weighted by atomic mass is 9.92. The van der Waals surface area contributed by atoms with Gasteiger partial charge in [-0.2, -0.15) is 0 Å². The van der Waals surface area contributed by atoms with Crippen LogP contribution in [0, 0.1) is 0 Å². The van der Waals surface area contributed by atoms with Crippen LogP contribution in [0.25, 0.3) is 0 Å². The summed E-state index contributed by atoms with van der Waals surface area (Å²) in [5.41, 5.74) is 4.03. The molecular weight excluding hydrogens is 300 g/mol. The summed E-state index contributed by atoms with van der Waals surface area (Å²) in [5, 5.41) is 0. The Kier molecular flexibility index (Phi) is 5.48. The highest BCUT2D eigenvalue weighted by Gasteiger charge is 2.39. The van der Waals surface area contributed by atoms with Crippen LogP contribution in [-0.2, 0) is 17.6 Å². The van der Waals surface area contributed by atoms with Crippen molar-refractivity contribution >= 4 is 0 Å². The summed E-state index contributed by atoms with van der Waals surface area (Å²) in [7, 11) is 4.30. The van der Waals surface area contributed by atoms with Crippen LogP contribution in [0.15, 0.2) is 12.1 Å². The summed E-state index contributed by atoms with van der Waals surface area (Å²) in [4.78, 5) is 4.87. The summed E-state index contributed by atoms with van der Waals surface area (Å²) in [6, 6.07) is 4.91. The molecule has 4 nitrogen and oxygen atoms in total. The number of aryl methyl sites for hydroxylation is 1. The molecule has 2 heterocycles. The van der Waals surface area contributed by atoms with Crippen molar-refractivity contribution in [2.75, 3.05) is 33.9 Å². The molecule has 1 aromatic rings. The fourth-order valence-electron chi connectivity index (χ4n) is 4.19. The maximum atomic E-state index is 6.28. The van der Waals surface area contributed by atoms with Gasteiger partial charge in [-0.1, -0.05) is 26.0 Å². The normalized spacial score (nSPS) is 25.6. The van der Waals surface area contributed by atoms with Crippen molar-refractivity contribution in [3.8, 4) is 5.75 Å².